The Morgan fingerprint density at radius 2 is 1.81 bits per heavy atom. The van der Waals surface area contributed by atoms with Crippen LogP contribution in [-0.2, 0) is 4.74 Å². The maximum Gasteiger partial charge on any atom is 0.407 e. The normalized spacial score (nSPS) is 10.2. The fraction of sp³-hybridized carbons (Fsp3) is 0.333. The lowest BCUT2D eigenvalue weighted by Gasteiger charge is -2.06. The van der Waals surface area contributed by atoms with E-state index in [0.717, 1.165) is 5.56 Å². The lowest BCUT2D eigenvalue weighted by Crippen LogP contribution is -2.38. The fourth-order valence-corrected chi connectivity index (χ4v) is 1.46. The van der Waals surface area contributed by atoms with Crippen molar-refractivity contribution in [2.45, 2.75) is 13.8 Å². The molecule has 0 aromatic heterocycles. The highest BCUT2D eigenvalue weighted by Gasteiger charge is 1.99. The molecule has 0 aliphatic heterocycles. The van der Waals surface area contributed by atoms with Crippen LogP contribution in [0.1, 0.15) is 18.1 Å². The summed E-state index contributed by atoms with van der Waals surface area (Å²) in [5.74, 6) is 0. The van der Waals surface area contributed by atoms with Gasteiger partial charge in [-0.3, -0.25) is 0 Å². The van der Waals surface area contributed by atoms with Crippen LogP contribution in [0.3, 0.4) is 0 Å². The molecule has 0 saturated heterocycles. The fourth-order valence-electron chi connectivity index (χ4n) is 1.46. The Kier molecular flexibility index (Phi) is 7.42. The van der Waals surface area contributed by atoms with Gasteiger partial charge in [-0.1, -0.05) is 29.8 Å². The van der Waals surface area contributed by atoms with Gasteiger partial charge < -0.3 is 20.7 Å². The minimum atomic E-state index is -0.487. The molecular formula is C15H21N3O3. The van der Waals surface area contributed by atoms with Crippen molar-refractivity contribution in [2.75, 3.05) is 19.7 Å². The first kappa shape index (κ1) is 16.6. The number of carbonyl (C=O) groups is 2. The van der Waals surface area contributed by atoms with E-state index >= 15 is 0 Å². The van der Waals surface area contributed by atoms with Crippen molar-refractivity contribution in [1.82, 2.24) is 16.0 Å². The molecule has 0 fully saturated rings. The molecule has 0 unspecified atom stereocenters. The first-order valence-corrected chi connectivity index (χ1v) is 6.80. The summed E-state index contributed by atoms with van der Waals surface area (Å²) in [4.78, 5) is 22.4. The second-order valence-electron chi connectivity index (χ2n) is 4.29. The van der Waals surface area contributed by atoms with Crippen molar-refractivity contribution in [3.8, 4) is 0 Å². The first-order chi connectivity index (χ1) is 10.1. The van der Waals surface area contributed by atoms with Crippen LogP contribution < -0.4 is 16.0 Å². The van der Waals surface area contributed by atoms with Crippen molar-refractivity contribution in [3.63, 3.8) is 0 Å². The zero-order valence-electron chi connectivity index (χ0n) is 12.3. The van der Waals surface area contributed by atoms with Crippen LogP contribution in [0.5, 0.6) is 0 Å². The zero-order chi connectivity index (χ0) is 15.5. The van der Waals surface area contributed by atoms with E-state index in [2.05, 4.69) is 20.7 Å². The number of carbonyl (C=O) groups excluding carboxylic acids is 2. The predicted octanol–water partition coefficient (Wildman–Crippen LogP) is 2.01. The highest BCUT2D eigenvalue weighted by molar-refractivity contribution is 5.76. The average Bonchev–Trinajstić information content (AvgIpc) is 2.46. The summed E-state index contributed by atoms with van der Waals surface area (Å²) in [5, 5.41) is 7.69. The van der Waals surface area contributed by atoms with Gasteiger partial charge in [0.1, 0.15) is 0 Å². The molecule has 6 heteroatoms. The summed E-state index contributed by atoms with van der Waals surface area (Å²) in [5.41, 5.74) is 2.19. The van der Waals surface area contributed by atoms with Crippen LogP contribution >= 0.6 is 0 Å². The third kappa shape index (κ3) is 7.61. The highest BCUT2D eigenvalue weighted by atomic mass is 16.5. The van der Waals surface area contributed by atoms with Crippen molar-refractivity contribution < 1.29 is 14.3 Å². The molecule has 6 nitrogen and oxygen atoms in total. The number of nitrogens with one attached hydrogen (secondary N) is 3. The van der Waals surface area contributed by atoms with Crippen LogP contribution in [0.15, 0.2) is 30.5 Å². The van der Waals surface area contributed by atoms with E-state index in [1.807, 2.05) is 31.2 Å². The van der Waals surface area contributed by atoms with Crippen LogP contribution in [0.2, 0.25) is 0 Å². The van der Waals surface area contributed by atoms with Crippen molar-refractivity contribution in [2.24, 2.45) is 0 Å². The molecule has 3 N–H and O–H groups in total. The summed E-state index contributed by atoms with van der Waals surface area (Å²) in [6.45, 7) is 4.70. The van der Waals surface area contributed by atoms with Gasteiger partial charge in [0.2, 0.25) is 0 Å². The van der Waals surface area contributed by atoms with Gasteiger partial charge in [0.15, 0.2) is 0 Å². The molecule has 0 spiro atoms. The molecule has 0 aliphatic carbocycles. The SMILES string of the molecule is CCOC(=O)NCCNC(=O)N/C=C/c1ccc(C)cc1. The van der Waals surface area contributed by atoms with Gasteiger partial charge in [0.25, 0.3) is 0 Å². The largest absolute Gasteiger partial charge is 0.450 e. The van der Waals surface area contributed by atoms with Gasteiger partial charge in [-0.25, -0.2) is 9.59 Å². The molecule has 0 heterocycles. The lowest BCUT2D eigenvalue weighted by atomic mass is 10.1. The van der Waals surface area contributed by atoms with Crippen molar-refractivity contribution in [3.05, 3.63) is 41.6 Å². The van der Waals surface area contributed by atoms with Gasteiger partial charge in [0.05, 0.1) is 6.61 Å². The monoisotopic (exact) mass is 291 g/mol. The molecule has 0 atom stereocenters. The third-order valence-corrected chi connectivity index (χ3v) is 2.52. The van der Waals surface area contributed by atoms with E-state index in [1.165, 1.54) is 5.56 Å². The topological polar surface area (TPSA) is 79.5 Å². The summed E-state index contributed by atoms with van der Waals surface area (Å²) in [6, 6.07) is 7.61. The Morgan fingerprint density at radius 1 is 1.14 bits per heavy atom. The zero-order valence-corrected chi connectivity index (χ0v) is 12.3. The van der Waals surface area contributed by atoms with Crippen LogP contribution in [0.25, 0.3) is 6.08 Å². The van der Waals surface area contributed by atoms with E-state index in [0.29, 0.717) is 19.7 Å². The van der Waals surface area contributed by atoms with Crippen molar-refractivity contribution >= 4 is 18.2 Å². The molecule has 0 bridgehead atoms. The van der Waals surface area contributed by atoms with Gasteiger partial charge in [-0.15, -0.1) is 0 Å². The lowest BCUT2D eigenvalue weighted by molar-refractivity contribution is 0.152. The van der Waals surface area contributed by atoms with Crippen LogP contribution in [-0.4, -0.2) is 31.8 Å². The number of urea groups is 1. The molecule has 3 amide bonds. The van der Waals surface area contributed by atoms with Gasteiger partial charge in [-0.2, -0.15) is 0 Å². The molecule has 21 heavy (non-hydrogen) atoms. The Balaban J connectivity index is 2.16. The third-order valence-electron chi connectivity index (χ3n) is 2.52. The molecule has 0 aliphatic rings. The van der Waals surface area contributed by atoms with E-state index in [1.54, 1.807) is 19.2 Å². The average molecular weight is 291 g/mol. The standard InChI is InChI=1S/C15H21N3O3/c1-3-21-15(20)18-11-10-17-14(19)16-9-8-13-6-4-12(2)5-7-13/h4-9H,3,10-11H2,1-2H3,(H,18,20)(H2,16,17,19)/b9-8+. The number of amides is 3. The summed E-state index contributed by atoms with van der Waals surface area (Å²) in [7, 11) is 0. The minimum Gasteiger partial charge on any atom is -0.450 e. The van der Waals surface area contributed by atoms with Crippen molar-refractivity contribution in [1.29, 1.82) is 0 Å². The first-order valence-electron chi connectivity index (χ1n) is 6.80. The number of aryl methyl sites for hydroxylation is 1. The smallest absolute Gasteiger partial charge is 0.407 e. The molecule has 1 aromatic rings. The molecule has 1 rings (SSSR count). The van der Waals surface area contributed by atoms with Gasteiger partial charge >= 0.3 is 12.1 Å². The van der Waals surface area contributed by atoms with E-state index < -0.39 is 6.09 Å². The minimum absolute atomic E-state index is 0.313. The maximum absolute atomic E-state index is 11.4. The second kappa shape index (κ2) is 9.41. The maximum atomic E-state index is 11.4. The summed E-state index contributed by atoms with van der Waals surface area (Å²) in [6.07, 6.45) is 2.88. The molecular weight excluding hydrogens is 270 g/mol. The number of benzene rings is 1. The Morgan fingerprint density at radius 3 is 2.48 bits per heavy atom. The summed E-state index contributed by atoms with van der Waals surface area (Å²) >= 11 is 0. The number of rotatable bonds is 6. The highest BCUT2D eigenvalue weighted by Crippen LogP contribution is 2.03. The van der Waals surface area contributed by atoms with Gasteiger partial charge in [-0.05, 0) is 25.5 Å². The van der Waals surface area contributed by atoms with Crippen LogP contribution in [0, 0.1) is 6.92 Å². The Bertz CT molecular complexity index is 483. The Hall–Kier alpha value is -2.50. The molecule has 0 radical (unpaired) electrons. The predicted molar refractivity (Wildman–Crippen MR) is 81.8 cm³/mol. The summed E-state index contributed by atoms with van der Waals surface area (Å²) < 4.78 is 4.68. The molecule has 0 saturated carbocycles. The number of ether oxygens (including phenoxy) is 1. The Labute approximate surface area is 124 Å². The second-order valence-corrected chi connectivity index (χ2v) is 4.29. The molecule has 1 aromatic carbocycles. The number of hydrogen-bond donors (Lipinski definition) is 3. The van der Waals surface area contributed by atoms with E-state index in [9.17, 15) is 9.59 Å². The number of hydrogen-bond acceptors (Lipinski definition) is 3. The molecule has 114 valence electrons. The van der Waals surface area contributed by atoms with Gasteiger partial charge in [0, 0.05) is 19.3 Å². The van der Waals surface area contributed by atoms with Crippen LogP contribution in [0.4, 0.5) is 9.59 Å². The number of alkyl carbamates (subject to hydrolysis) is 1. The van der Waals surface area contributed by atoms with E-state index in [-0.39, 0.29) is 6.03 Å². The quantitative estimate of drug-likeness (QED) is 0.701. The van der Waals surface area contributed by atoms with E-state index in [4.69, 9.17) is 0 Å².